The standard InChI is InChI=1S/C38H40O4/c1-25-3-7-27(8-4-25)29-11-15-31(16-12-29)37(39)41-35-21-19-34-24-36(22-20-33(34)23-35)42-38(40)32-17-13-30(14-18-32)28-9-5-26(2)6-10-28/h11-28H,3-10H2,1-2H3. The van der Waals surface area contributed by atoms with Crippen molar-refractivity contribution in [1.82, 2.24) is 0 Å². The first-order chi connectivity index (χ1) is 20.4. The average molecular weight is 561 g/mol. The van der Waals surface area contributed by atoms with E-state index in [1.807, 2.05) is 48.5 Å². The van der Waals surface area contributed by atoms with Gasteiger partial charge in [-0.2, -0.15) is 0 Å². The molecule has 0 spiro atoms. The van der Waals surface area contributed by atoms with Gasteiger partial charge in [0, 0.05) is 0 Å². The minimum absolute atomic E-state index is 0.368. The number of hydrogen-bond donors (Lipinski definition) is 0. The maximum Gasteiger partial charge on any atom is 0.343 e. The number of rotatable bonds is 6. The van der Waals surface area contributed by atoms with Gasteiger partial charge in [-0.3, -0.25) is 0 Å². The van der Waals surface area contributed by atoms with Crippen molar-refractivity contribution in [3.05, 3.63) is 107 Å². The third-order valence-corrected chi connectivity index (χ3v) is 9.47. The Labute approximate surface area is 249 Å². The summed E-state index contributed by atoms with van der Waals surface area (Å²) in [6.45, 7) is 4.65. The summed E-state index contributed by atoms with van der Waals surface area (Å²) in [6, 6.07) is 26.8. The summed E-state index contributed by atoms with van der Waals surface area (Å²) in [5.41, 5.74) is 3.72. The number of carbonyl (C=O) groups is 2. The highest BCUT2D eigenvalue weighted by Gasteiger charge is 2.21. The van der Waals surface area contributed by atoms with Crippen LogP contribution in [-0.2, 0) is 0 Å². The maximum absolute atomic E-state index is 12.8. The lowest BCUT2D eigenvalue weighted by Crippen LogP contribution is -2.12. The molecule has 0 heterocycles. The van der Waals surface area contributed by atoms with Gasteiger partial charge in [0.15, 0.2) is 0 Å². The molecule has 0 amide bonds. The van der Waals surface area contributed by atoms with Crippen LogP contribution in [0.4, 0.5) is 0 Å². The minimum Gasteiger partial charge on any atom is -0.423 e. The summed E-state index contributed by atoms with van der Waals surface area (Å²) >= 11 is 0. The maximum atomic E-state index is 12.8. The predicted octanol–water partition coefficient (Wildman–Crippen LogP) is 9.87. The largest absolute Gasteiger partial charge is 0.423 e. The first-order valence-corrected chi connectivity index (χ1v) is 15.6. The molecule has 0 N–H and O–H groups in total. The molecule has 4 nitrogen and oxygen atoms in total. The van der Waals surface area contributed by atoms with Crippen molar-refractivity contribution in [3.8, 4) is 11.5 Å². The first-order valence-electron chi connectivity index (χ1n) is 15.6. The van der Waals surface area contributed by atoms with E-state index in [1.165, 1.54) is 62.5 Å². The Bertz CT molecular complexity index is 1420. The van der Waals surface area contributed by atoms with Crippen molar-refractivity contribution in [3.63, 3.8) is 0 Å². The molecule has 2 saturated carbocycles. The molecule has 0 saturated heterocycles. The molecule has 0 unspecified atom stereocenters. The lowest BCUT2D eigenvalue weighted by molar-refractivity contribution is 0.0725. The highest BCUT2D eigenvalue weighted by Crippen LogP contribution is 2.37. The van der Waals surface area contributed by atoms with E-state index < -0.39 is 0 Å². The van der Waals surface area contributed by atoms with Gasteiger partial charge in [0.1, 0.15) is 11.5 Å². The summed E-state index contributed by atoms with van der Waals surface area (Å²) in [7, 11) is 0. The van der Waals surface area contributed by atoms with Gasteiger partial charge < -0.3 is 9.47 Å². The number of hydrogen-bond acceptors (Lipinski definition) is 4. The molecule has 0 bridgehead atoms. The monoisotopic (exact) mass is 560 g/mol. The van der Waals surface area contributed by atoms with Crippen LogP contribution in [0, 0.1) is 11.8 Å². The molecule has 42 heavy (non-hydrogen) atoms. The second kappa shape index (κ2) is 12.5. The molecule has 6 rings (SSSR count). The van der Waals surface area contributed by atoms with Crippen molar-refractivity contribution in [2.75, 3.05) is 0 Å². The van der Waals surface area contributed by atoms with Gasteiger partial charge in [-0.15, -0.1) is 0 Å². The molecule has 0 aliphatic heterocycles. The molecule has 4 aromatic carbocycles. The Morgan fingerprint density at radius 2 is 0.857 bits per heavy atom. The summed E-state index contributed by atoms with van der Waals surface area (Å²) in [5.74, 6) is 3.04. The summed E-state index contributed by atoms with van der Waals surface area (Å²) < 4.78 is 11.4. The minimum atomic E-state index is -0.368. The Hall–Kier alpha value is -3.92. The lowest BCUT2D eigenvalue weighted by atomic mass is 9.79. The van der Waals surface area contributed by atoms with Gasteiger partial charge in [-0.05, 0) is 120 Å². The van der Waals surface area contributed by atoms with Crippen LogP contribution in [0.15, 0.2) is 84.9 Å². The fourth-order valence-electron chi connectivity index (χ4n) is 6.63. The third kappa shape index (κ3) is 6.59. The van der Waals surface area contributed by atoms with Gasteiger partial charge >= 0.3 is 11.9 Å². The van der Waals surface area contributed by atoms with E-state index in [1.54, 1.807) is 12.1 Å². The van der Waals surface area contributed by atoms with Crippen molar-refractivity contribution in [1.29, 1.82) is 0 Å². The Morgan fingerprint density at radius 1 is 0.500 bits per heavy atom. The van der Waals surface area contributed by atoms with Crippen molar-refractivity contribution >= 4 is 22.7 Å². The molecule has 2 aliphatic carbocycles. The van der Waals surface area contributed by atoms with Crippen molar-refractivity contribution in [2.24, 2.45) is 11.8 Å². The van der Waals surface area contributed by atoms with Crippen LogP contribution in [0.3, 0.4) is 0 Å². The Balaban J connectivity index is 1.06. The molecule has 2 fully saturated rings. The van der Waals surface area contributed by atoms with E-state index in [0.717, 1.165) is 22.6 Å². The van der Waals surface area contributed by atoms with Crippen molar-refractivity contribution < 1.29 is 19.1 Å². The van der Waals surface area contributed by atoms with Gasteiger partial charge in [0.05, 0.1) is 11.1 Å². The molecule has 0 aromatic heterocycles. The predicted molar refractivity (Wildman–Crippen MR) is 167 cm³/mol. The zero-order chi connectivity index (χ0) is 29.1. The van der Waals surface area contributed by atoms with Crippen LogP contribution in [0.5, 0.6) is 11.5 Å². The van der Waals surface area contributed by atoms with Gasteiger partial charge in [-0.1, -0.05) is 75.9 Å². The van der Waals surface area contributed by atoms with E-state index >= 15 is 0 Å². The number of benzene rings is 4. The van der Waals surface area contributed by atoms with Crippen molar-refractivity contribution in [2.45, 2.75) is 77.0 Å². The van der Waals surface area contributed by atoms with Crippen LogP contribution >= 0.6 is 0 Å². The number of fused-ring (bicyclic) bond motifs is 1. The van der Waals surface area contributed by atoms with E-state index in [0.29, 0.717) is 34.5 Å². The second-order valence-corrected chi connectivity index (χ2v) is 12.6. The molecule has 4 aromatic rings. The highest BCUT2D eigenvalue weighted by molar-refractivity contribution is 5.93. The van der Waals surface area contributed by atoms with Gasteiger partial charge in [0.2, 0.25) is 0 Å². The molecule has 0 radical (unpaired) electrons. The summed E-state index contributed by atoms with van der Waals surface area (Å²) in [4.78, 5) is 25.7. The quantitative estimate of drug-likeness (QED) is 0.174. The number of ether oxygens (including phenoxy) is 2. The van der Waals surface area contributed by atoms with E-state index in [2.05, 4.69) is 38.1 Å². The zero-order valence-corrected chi connectivity index (χ0v) is 24.7. The first kappa shape index (κ1) is 28.2. The number of carbonyl (C=O) groups excluding carboxylic acids is 2. The normalized spacial score (nSPS) is 22.4. The summed E-state index contributed by atoms with van der Waals surface area (Å²) in [6.07, 6.45) is 9.96. The molecule has 2 aliphatic rings. The lowest BCUT2D eigenvalue weighted by Gasteiger charge is -2.26. The highest BCUT2D eigenvalue weighted by atomic mass is 16.5. The fraction of sp³-hybridized carbons (Fsp3) is 0.368. The van der Waals surface area contributed by atoms with Crippen LogP contribution in [0.1, 0.15) is 109 Å². The Kier molecular flexibility index (Phi) is 8.41. The second-order valence-electron chi connectivity index (χ2n) is 12.6. The zero-order valence-electron chi connectivity index (χ0n) is 24.7. The van der Waals surface area contributed by atoms with E-state index in [4.69, 9.17) is 9.47 Å². The average Bonchev–Trinajstić information content (AvgIpc) is 3.02. The molecule has 216 valence electrons. The van der Waals surface area contributed by atoms with E-state index in [-0.39, 0.29) is 11.9 Å². The molecular weight excluding hydrogens is 520 g/mol. The fourth-order valence-corrected chi connectivity index (χ4v) is 6.63. The van der Waals surface area contributed by atoms with E-state index in [9.17, 15) is 9.59 Å². The third-order valence-electron chi connectivity index (χ3n) is 9.47. The van der Waals surface area contributed by atoms with Crippen LogP contribution < -0.4 is 9.47 Å². The topological polar surface area (TPSA) is 52.6 Å². The number of esters is 2. The molecule has 0 atom stereocenters. The molecule has 4 heteroatoms. The molecular formula is C38H40O4. The Morgan fingerprint density at radius 3 is 1.21 bits per heavy atom. The van der Waals surface area contributed by atoms with Crippen LogP contribution in [0.2, 0.25) is 0 Å². The van der Waals surface area contributed by atoms with Crippen LogP contribution in [-0.4, -0.2) is 11.9 Å². The summed E-state index contributed by atoms with van der Waals surface area (Å²) in [5, 5.41) is 1.79. The van der Waals surface area contributed by atoms with Gasteiger partial charge in [-0.25, -0.2) is 9.59 Å². The smallest absolute Gasteiger partial charge is 0.343 e. The SMILES string of the molecule is CC1CCC(c2ccc(C(=O)Oc3ccc4cc(OC(=O)c5ccc(C6CCC(C)CC6)cc5)ccc4c3)cc2)CC1. The van der Waals surface area contributed by atoms with Crippen LogP contribution in [0.25, 0.3) is 10.8 Å². The van der Waals surface area contributed by atoms with Gasteiger partial charge in [0.25, 0.3) is 0 Å².